The number of fused-ring (bicyclic) bond motifs is 1. The molecule has 3 rings (SSSR count). The van der Waals surface area contributed by atoms with Crippen molar-refractivity contribution in [3.05, 3.63) is 60.2 Å². The Balaban J connectivity index is 2.11. The summed E-state index contributed by atoms with van der Waals surface area (Å²) >= 11 is 0. The maximum absolute atomic E-state index is 9.99. The van der Waals surface area contributed by atoms with Crippen LogP contribution in [-0.4, -0.2) is 10.2 Å². The quantitative estimate of drug-likeness (QED) is 0.649. The Hall–Kier alpha value is -2.88. The molecule has 4 nitrogen and oxygen atoms in total. The zero-order valence-corrected chi connectivity index (χ0v) is 11.5. The molecular formula is C17H14N2O2. The van der Waals surface area contributed by atoms with E-state index < -0.39 is 0 Å². The third-order valence-corrected chi connectivity index (χ3v) is 3.27. The molecule has 3 aromatic rings. The zero-order chi connectivity index (χ0) is 14.8. The van der Waals surface area contributed by atoms with Crippen LogP contribution in [0.4, 0.5) is 11.4 Å². The van der Waals surface area contributed by atoms with Gasteiger partial charge in [-0.15, -0.1) is 10.2 Å². The highest BCUT2D eigenvalue weighted by Gasteiger charge is 2.06. The van der Waals surface area contributed by atoms with Crippen molar-refractivity contribution in [1.29, 1.82) is 0 Å². The Morgan fingerprint density at radius 3 is 2.43 bits per heavy atom. The van der Waals surface area contributed by atoms with E-state index in [2.05, 4.69) is 10.2 Å². The van der Waals surface area contributed by atoms with Crippen molar-refractivity contribution >= 4 is 22.1 Å². The second-order valence-corrected chi connectivity index (χ2v) is 4.85. The van der Waals surface area contributed by atoms with E-state index in [1.54, 1.807) is 24.3 Å². The van der Waals surface area contributed by atoms with Crippen LogP contribution in [0.2, 0.25) is 0 Å². The summed E-state index contributed by atoms with van der Waals surface area (Å²) in [6, 6.07) is 16.1. The van der Waals surface area contributed by atoms with Gasteiger partial charge >= 0.3 is 0 Å². The van der Waals surface area contributed by atoms with E-state index in [9.17, 15) is 10.2 Å². The zero-order valence-electron chi connectivity index (χ0n) is 11.5. The van der Waals surface area contributed by atoms with E-state index >= 15 is 0 Å². The van der Waals surface area contributed by atoms with Crippen LogP contribution >= 0.6 is 0 Å². The molecule has 0 atom stereocenters. The summed E-state index contributed by atoms with van der Waals surface area (Å²) in [7, 11) is 0. The summed E-state index contributed by atoms with van der Waals surface area (Å²) in [5.74, 6) is 0.119. The highest BCUT2D eigenvalue weighted by atomic mass is 16.3. The van der Waals surface area contributed by atoms with E-state index in [0.717, 1.165) is 16.3 Å². The van der Waals surface area contributed by atoms with Crippen LogP contribution in [0.3, 0.4) is 0 Å². The first-order valence-electron chi connectivity index (χ1n) is 6.57. The van der Waals surface area contributed by atoms with Crippen LogP contribution in [-0.2, 0) is 0 Å². The average Bonchev–Trinajstić information content (AvgIpc) is 2.49. The lowest BCUT2D eigenvalue weighted by molar-refractivity contribution is 0.474. The van der Waals surface area contributed by atoms with Crippen molar-refractivity contribution in [2.75, 3.05) is 0 Å². The van der Waals surface area contributed by atoms with Gasteiger partial charge in [-0.05, 0) is 36.1 Å². The molecule has 0 aromatic heterocycles. The van der Waals surface area contributed by atoms with Crippen LogP contribution in [0.25, 0.3) is 10.8 Å². The molecule has 0 aliphatic rings. The fourth-order valence-electron chi connectivity index (χ4n) is 2.17. The monoisotopic (exact) mass is 278 g/mol. The van der Waals surface area contributed by atoms with Gasteiger partial charge in [-0.2, -0.15) is 0 Å². The van der Waals surface area contributed by atoms with Crippen LogP contribution in [0, 0.1) is 6.92 Å². The lowest BCUT2D eigenvalue weighted by Gasteiger charge is -2.04. The number of phenols is 2. The van der Waals surface area contributed by atoms with Crippen molar-refractivity contribution in [3.8, 4) is 11.5 Å². The topological polar surface area (TPSA) is 65.2 Å². The smallest absolute Gasteiger partial charge is 0.143 e. The second-order valence-electron chi connectivity index (χ2n) is 4.85. The third-order valence-electron chi connectivity index (χ3n) is 3.27. The van der Waals surface area contributed by atoms with Crippen molar-refractivity contribution in [2.24, 2.45) is 10.2 Å². The number of nitrogens with zero attached hydrogens (tertiary/aromatic N) is 2. The minimum Gasteiger partial charge on any atom is -0.506 e. The Morgan fingerprint density at radius 2 is 1.57 bits per heavy atom. The number of hydrogen-bond donors (Lipinski definition) is 2. The molecule has 0 amide bonds. The predicted molar refractivity (Wildman–Crippen MR) is 82.6 cm³/mol. The first-order valence-corrected chi connectivity index (χ1v) is 6.57. The first kappa shape index (κ1) is 13.1. The van der Waals surface area contributed by atoms with E-state index in [4.69, 9.17) is 0 Å². The second kappa shape index (κ2) is 5.25. The maximum atomic E-state index is 9.99. The normalized spacial score (nSPS) is 11.3. The number of benzene rings is 3. The molecule has 0 aliphatic heterocycles. The lowest BCUT2D eigenvalue weighted by Crippen LogP contribution is -1.75. The molecule has 0 fully saturated rings. The summed E-state index contributed by atoms with van der Waals surface area (Å²) in [6.45, 7) is 1.91. The molecule has 0 heterocycles. The predicted octanol–water partition coefficient (Wildman–Crippen LogP) is 4.97. The minimum absolute atomic E-state index is 0.0593. The number of azo groups is 1. The molecule has 0 saturated carbocycles. The first-order chi connectivity index (χ1) is 10.1. The Morgan fingerprint density at radius 1 is 0.810 bits per heavy atom. The van der Waals surface area contributed by atoms with Gasteiger partial charge in [0.05, 0.1) is 0 Å². The number of aryl methyl sites for hydroxylation is 1. The van der Waals surface area contributed by atoms with Crippen molar-refractivity contribution in [1.82, 2.24) is 0 Å². The molecular weight excluding hydrogens is 264 g/mol. The fraction of sp³-hybridized carbons (Fsp3) is 0.0588. The summed E-state index contributed by atoms with van der Waals surface area (Å²) in [6.07, 6.45) is 0. The molecule has 2 N–H and O–H groups in total. The van der Waals surface area contributed by atoms with Gasteiger partial charge in [0.15, 0.2) is 0 Å². The number of hydrogen-bond acceptors (Lipinski definition) is 4. The molecule has 0 aliphatic carbocycles. The molecule has 21 heavy (non-hydrogen) atoms. The lowest BCUT2D eigenvalue weighted by atomic mass is 10.1. The molecule has 4 heteroatoms. The summed E-state index contributed by atoms with van der Waals surface area (Å²) in [4.78, 5) is 0. The van der Waals surface area contributed by atoms with E-state index in [0.29, 0.717) is 11.4 Å². The Labute approximate surface area is 122 Å². The largest absolute Gasteiger partial charge is 0.506 e. The van der Waals surface area contributed by atoms with E-state index in [1.165, 1.54) is 0 Å². The summed E-state index contributed by atoms with van der Waals surface area (Å²) in [5, 5.41) is 29.7. The van der Waals surface area contributed by atoms with Gasteiger partial charge < -0.3 is 10.2 Å². The molecule has 3 aromatic carbocycles. The molecule has 0 radical (unpaired) electrons. The van der Waals surface area contributed by atoms with Gasteiger partial charge in [-0.1, -0.05) is 36.4 Å². The van der Waals surface area contributed by atoms with Crippen molar-refractivity contribution < 1.29 is 10.2 Å². The number of rotatable bonds is 2. The Kier molecular flexibility index (Phi) is 3.28. The summed E-state index contributed by atoms with van der Waals surface area (Å²) in [5.41, 5.74) is 1.75. The minimum atomic E-state index is 0.0593. The average molecular weight is 278 g/mol. The van der Waals surface area contributed by atoms with Gasteiger partial charge in [0.25, 0.3) is 0 Å². The molecule has 0 saturated heterocycles. The third kappa shape index (κ3) is 2.56. The van der Waals surface area contributed by atoms with Crippen LogP contribution in [0.15, 0.2) is 64.8 Å². The van der Waals surface area contributed by atoms with Gasteiger partial charge in [-0.3, -0.25) is 0 Å². The number of aromatic hydroxyl groups is 2. The SMILES string of the molecule is Cc1ccc(O)c(/N=N/c2c(O)ccc3ccccc23)c1. The van der Waals surface area contributed by atoms with Crippen LogP contribution in [0.5, 0.6) is 11.5 Å². The maximum Gasteiger partial charge on any atom is 0.143 e. The molecule has 104 valence electrons. The van der Waals surface area contributed by atoms with Gasteiger partial charge in [0, 0.05) is 5.39 Å². The molecule has 0 unspecified atom stereocenters. The van der Waals surface area contributed by atoms with Crippen molar-refractivity contribution in [2.45, 2.75) is 6.92 Å². The standard InChI is InChI=1S/C17H14N2O2/c1-11-6-8-15(20)14(10-11)18-19-17-13-5-3-2-4-12(13)7-9-16(17)21/h2-10,20-21H,1H3/b19-18+. The van der Waals surface area contributed by atoms with E-state index in [1.807, 2.05) is 37.3 Å². The van der Waals surface area contributed by atoms with Gasteiger partial charge in [-0.25, -0.2) is 0 Å². The van der Waals surface area contributed by atoms with Crippen LogP contribution < -0.4 is 0 Å². The van der Waals surface area contributed by atoms with Crippen molar-refractivity contribution in [3.63, 3.8) is 0 Å². The van der Waals surface area contributed by atoms with Gasteiger partial charge in [0.1, 0.15) is 22.9 Å². The molecule has 0 bridgehead atoms. The highest BCUT2D eigenvalue weighted by Crippen LogP contribution is 2.37. The summed E-state index contributed by atoms with van der Waals surface area (Å²) < 4.78 is 0. The highest BCUT2D eigenvalue weighted by molar-refractivity contribution is 5.95. The fourth-order valence-corrected chi connectivity index (χ4v) is 2.17. The van der Waals surface area contributed by atoms with Gasteiger partial charge in [0.2, 0.25) is 0 Å². The Bertz CT molecular complexity index is 841. The number of phenolic OH excluding ortho intramolecular Hbond substituents is 2. The van der Waals surface area contributed by atoms with Crippen LogP contribution in [0.1, 0.15) is 5.56 Å². The van der Waals surface area contributed by atoms with E-state index in [-0.39, 0.29) is 11.5 Å². The molecule has 0 spiro atoms.